The summed E-state index contributed by atoms with van der Waals surface area (Å²) in [5.74, 6) is 0.344. The van der Waals surface area contributed by atoms with Gasteiger partial charge in [0.15, 0.2) is 0 Å². The van der Waals surface area contributed by atoms with Crippen LogP contribution in [0.25, 0.3) is 0 Å². The summed E-state index contributed by atoms with van der Waals surface area (Å²) < 4.78 is 0. The van der Waals surface area contributed by atoms with Crippen molar-refractivity contribution in [2.45, 2.75) is 38.8 Å². The minimum atomic E-state index is -0.144. The summed E-state index contributed by atoms with van der Waals surface area (Å²) in [6.07, 6.45) is 1.68. The number of hydrogen-bond acceptors (Lipinski definition) is 3. The number of benzene rings is 1. The second-order valence-electron chi connectivity index (χ2n) is 5.39. The maximum atomic E-state index is 9.75. The predicted octanol–water partition coefficient (Wildman–Crippen LogP) is 2.30. The van der Waals surface area contributed by atoms with Crippen molar-refractivity contribution in [3.63, 3.8) is 0 Å². The van der Waals surface area contributed by atoms with E-state index in [1.807, 2.05) is 0 Å². The van der Waals surface area contributed by atoms with E-state index in [0.29, 0.717) is 5.92 Å². The number of aliphatic hydroxyl groups is 1. The van der Waals surface area contributed by atoms with Gasteiger partial charge < -0.3 is 15.7 Å². The third-order valence-corrected chi connectivity index (χ3v) is 3.99. The molecule has 1 aliphatic heterocycles. The molecule has 0 bridgehead atoms. The highest BCUT2D eigenvalue weighted by molar-refractivity contribution is 5.48. The van der Waals surface area contributed by atoms with Gasteiger partial charge in [0.1, 0.15) is 0 Å². The summed E-state index contributed by atoms with van der Waals surface area (Å²) in [6, 6.07) is 8.68. The molecule has 18 heavy (non-hydrogen) atoms. The lowest BCUT2D eigenvalue weighted by Crippen LogP contribution is -2.41. The Morgan fingerprint density at radius 3 is 2.61 bits per heavy atom. The molecule has 3 heteroatoms. The second-order valence-corrected chi connectivity index (χ2v) is 5.39. The smallest absolute Gasteiger partial charge is 0.0599 e. The zero-order valence-corrected chi connectivity index (χ0v) is 11.3. The first-order chi connectivity index (χ1) is 8.61. The maximum Gasteiger partial charge on any atom is 0.0599 e. The van der Waals surface area contributed by atoms with E-state index >= 15 is 0 Å². The average molecular weight is 248 g/mol. The minimum absolute atomic E-state index is 0.140. The highest BCUT2D eigenvalue weighted by atomic mass is 16.3. The number of aliphatic hydroxyl groups excluding tert-OH is 1. The van der Waals surface area contributed by atoms with Crippen molar-refractivity contribution in [2.24, 2.45) is 11.7 Å². The number of piperidine rings is 1. The van der Waals surface area contributed by atoms with Crippen molar-refractivity contribution >= 4 is 5.69 Å². The molecule has 3 N–H and O–H groups in total. The van der Waals surface area contributed by atoms with Crippen LogP contribution in [0, 0.1) is 5.92 Å². The lowest BCUT2D eigenvalue weighted by molar-refractivity contribution is 0.0971. The molecule has 1 aromatic rings. The molecule has 1 aromatic carbocycles. The second kappa shape index (κ2) is 5.72. The minimum Gasteiger partial charge on any atom is -0.393 e. The molecule has 1 fully saturated rings. The van der Waals surface area contributed by atoms with E-state index in [2.05, 4.69) is 43.0 Å². The van der Waals surface area contributed by atoms with Crippen molar-refractivity contribution in [3.05, 3.63) is 29.8 Å². The number of hydrogen-bond donors (Lipinski definition) is 2. The molecule has 0 spiro atoms. The van der Waals surface area contributed by atoms with E-state index in [0.717, 1.165) is 25.9 Å². The van der Waals surface area contributed by atoms with E-state index in [-0.39, 0.29) is 12.1 Å². The Morgan fingerprint density at radius 1 is 1.39 bits per heavy atom. The topological polar surface area (TPSA) is 49.5 Å². The van der Waals surface area contributed by atoms with Crippen LogP contribution in [0.5, 0.6) is 0 Å². The molecule has 1 heterocycles. The van der Waals surface area contributed by atoms with Crippen LogP contribution in [-0.4, -0.2) is 24.3 Å². The Bertz CT molecular complexity index is 377. The molecule has 3 nitrogen and oxygen atoms in total. The van der Waals surface area contributed by atoms with Gasteiger partial charge in [-0.05, 0) is 36.5 Å². The molecule has 2 unspecified atom stereocenters. The molecule has 100 valence electrons. The molecular formula is C15H24N2O. The van der Waals surface area contributed by atoms with Crippen molar-refractivity contribution in [2.75, 3.05) is 18.0 Å². The SMILES string of the molecule is CC[C@H](N)c1ccc(N2CCC(O)C(C)C2)cc1. The van der Waals surface area contributed by atoms with Gasteiger partial charge in [-0.25, -0.2) is 0 Å². The van der Waals surface area contributed by atoms with Gasteiger partial charge in [-0.2, -0.15) is 0 Å². The van der Waals surface area contributed by atoms with Gasteiger partial charge >= 0.3 is 0 Å². The molecule has 0 aliphatic carbocycles. The summed E-state index contributed by atoms with van der Waals surface area (Å²) in [5, 5.41) is 9.75. The zero-order chi connectivity index (χ0) is 13.1. The standard InChI is InChI=1S/C15H24N2O/c1-3-14(16)12-4-6-13(7-5-12)17-9-8-15(18)11(2)10-17/h4-7,11,14-15,18H,3,8-10,16H2,1-2H3/t11?,14-,15?/m0/s1. The predicted molar refractivity (Wildman–Crippen MR) is 75.7 cm³/mol. The molecule has 3 atom stereocenters. The van der Waals surface area contributed by atoms with Gasteiger partial charge in [0.25, 0.3) is 0 Å². The molecular weight excluding hydrogens is 224 g/mol. The molecule has 0 amide bonds. The summed E-state index contributed by atoms with van der Waals surface area (Å²) in [6.45, 7) is 6.08. The quantitative estimate of drug-likeness (QED) is 0.863. The summed E-state index contributed by atoms with van der Waals surface area (Å²) >= 11 is 0. The van der Waals surface area contributed by atoms with E-state index < -0.39 is 0 Å². The zero-order valence-electron chi connectivity index (χ0n) is 11.3. The van der Waals surface area contributed by atoms with Crippen LogP contribution >= 0.6 is 0 Å². The largest absolute Gasteiger partial charge is 0.393 e. The van der Waals surface area contributed by atoms with Crippen molar-refractivity contribution < 1.29 is 5.11 Å². The Morgan fingerprint density at radius 2 is 2.06 bits per heavy atom. The Hall–Kier alpha value is -1.06. The number of rotatable bonds is 3. The highest BCUT2D eigenvalue weighted by Crippen LogP contribution is 2.25. The van der Waals surface area contributed by atoms with Crippen LogP contribution in [0.3, 0.4) is 0 Å². The van der Waals surface area contributed by atoms with Crippen LogP contribution in [0.15, 0.2) is 24.3 Å². The van der Waals surface area contributed by atoms with E-state index in [1.54, 1.807) is 0 Å². The molecule has 1 saturated heterocycles. The fourth-order valence-electron chi connectivity index (χ4n) is 2.54. The first kappa shape index (κ1) is 13.4. The van der Waals surface area contributed by atoms with Gasteiger partial charge in [-0.3, -0.25) is 0 Å². The Balaban J connectivity index is 2.06. The van der Waals surface area contributed by atoms with Gasteiger partial charge in [0.05, 0.1) is 6.10 Å². The first-order valence-corrected chi connectivity index (χ1v) is 6.90. The Kier molecular flexibility index (Phi) is 4.25. The van der Waals surface area contributed by atoms with E-state index in [4.69, 9.17) is 5.73 Å². The van der Waals surface area contributed by atoms with Crippen molar-refractivity contribution in [1.82, 2.24) is 0 Å². The number of anilines is 1. The average Bonchev–Trinajstić information content (AvgIpc) is 2.41. The number of nitrogens with zero attached hydrogens (tertiary/aromatic N) is 1. The van der Waals surface area contributed by atoms with Crippen molar-refractivity contribution in [3.8, 4) is 0 Å². The normalized spacial score (nSPS) is 26.1. The van der Waals surface area contributed by atoms with Crippen LogP contribution in [0.2, 0.25) is 0 Å². The number of nitrogens with two attached hydrogens (primary N) is 1. The third kappa shape index (κ3) is 2.85. The fourth-order valence-corrected chi connectivity index (χ4v) is 2.54. The summed E-state index contributed by atoms with van der Waals surface area (Å²) in [5.41, 5.74) is 8.45. The van der Waals surface area contributed by atoms with E-state index in [9.17, 15) is 5.11 Å². The molecule has 0 aromatic heterocycles. The van der Waals surface area contributed by atoms with Crippen LogP contribution in [0.4, 0.5) is 5.69 Å². The fraction of sp³-hybridized carbons (Fsp3) is 0.600. The highest BCUT2D eigenvalue weighted by Gasteiger charge is 2.24. The van der Waals surface area contributed by atoms with E-state index in [1.165, 1.54) is 11.3 Å². The molecule has 0 saturated carbocycles. The van der Waals surface area contributed by atoms with Gasteiger partial charge in [0, 0.05) is 24.8 Å². The molecule has 1 aliphatic rings. The lowest BCUT2D eigenvalue weighted by Gasteiger charge is -2.36. The van der Waals surface area contributed by atoms with Gasteiger partial charge in [-0.1, -0.05) is 26.0 Å². The Labute approximate surface area is 110 Å². The van der Waals surface area contributed by atoms with Gasteiger partial charge in [0.2, 0.25) is 0 Å². The summed E-state index contributed by atoms with van der Waals surface area (Å²) in [7, 11) is 0. The lowest BCUT2D eigenvalue weighted by atomic mass is 9.96. The van der Waals surface area contributed by atoms with Crippen LogP contribution in [-0.2, 0) is 0 Å². The van der Waals surface area contributed by atoms with Crippen LogP contribution < -0.4 is 10.6 Å². The molecule has 2 rings (SSSR count). The maximum absolute atomic E-state index is 9.75. The van der Waals surface area contributed by atoms with Crippen molar-refractivity contribution in [1.29, 1.82) is 0 Å². The third-order valence-electron chi connectivity index (χ3n) is 3.99. The first-order valence-electron chi connectivity index (χ1n) is 6.90. The monoisotopic (exact) mass is 248 g/mol. The molecule has 0 radical (unpaired) electrons. The van der Waals surface area contributed by atoms with Crippen LogP contribution in [0.1, 0.15) is 38.3 Å². The summed E-state index contributed by atoms with van der Waals surface area (Å²) in [4.78, 5) is 2.35. The van der Waals surface area contributed by atoms with Gasteiger partial charge in [-0.15, -0.1) is 0 Å².